The predicted molar refractivity (Wildman–Crippen MR) is 96.2 cm³/mol. The maximum absolute atomic E-state index is 13.2. The number of nitrogens with zero attached hydrogens (tertiary/aromatic N) is 2. The molecule has 0 aromatic heterocycles. The number of sulfonamides is 1. The van der Waals surface area contributed by atoms with Gasteiger partial charge in [0, 0.05) is 19.6 Å². The summed E-state index contributed by atoms with van der Waals surface area (Å²) in [4.78, 5) is 13.7. The fraction of sp³-hybridized carbons (Fsp3) is 0.500. The molecule has 2 saturated heterocycles. The zero-order chi connectivity index (χ0) is 18.2. The van der Waals surface area contributed by atoms with Gasteiger partial charge < -0.3 is 10.0 Å². The van der Waals surface area contributed by atoms with E-state index in [2.05, 4.69) is 11.5 Å². The van der Waals surface area contributed by atoms with Gasteiger partial charge in [-0.25, -0.2) is 8.42 Å². The van der Waals surface area contributed by atoms with E-state index in [-0.39, 0.29) is 11.4 Å². The third-order valence-electron chi connectivity index (χ3n) is 5.09. The van der Waals surface area contributed by atoms with Crippen LogP contribution in [-0.4, -0.2) is 49.5 Å². The highest BCUT2D eigenvalue weighted by Gasteiger charge is 2.41. The third-order valence-corrected chi connectivity index (χ3v) is 7.04. The molecule has 3 rings (SSSR count). The monoisotopic (exact) mass is 364 g/mol. The molecule has 2 heterocycles. The molecule has 136 valence electrons. The fourth-order valence-corrected chi connectivity index (χ4v) is 5.54. The van der Waals surface area contributed by atoms with Gasteiger partial charge in [-0.2, -0.15) is 4.31 Å². The second-order valence-electron chi connectivity index (χ2n) is 6.81. The van der Waals surface area contributed by atoms with Crippen molar-refractivity contribution in [1.29, 1.82) is 0 Å². The van der Waals surface area contributed by atoms with Crippen molar-refractivity contribution in [3.05, 3.63) is 36.4 Å². The van der Waals surface area contributed by atoms with Gasteiger partial charge in [-0.05, 0) is 49.8 Å². The maximum Gasteiger partial charge on any atom is 0.322 e. The lowest BCUT2D eigenvalue weighted by Gasteiger charge is -2.26. The molecular formula is C18H24N2O4S. The van der Waals surface area contributed by atoms with Crippen LogP contribution in [0, 0.1) is 12.8 Å². The molecule has 0 radical (unpaired) electrons. The number of hydrogen-bond acceptors (Lipinski definition) is 4. The summed E-state index contributed by atoms with van der Waals surface area (Å²) in [6.45, 7) is 7.52. The van der Waals surface area contributed by atoms with E-state index in [1.807, 2.05) is 19.1 Å². The number of hydrogen-bond donors (Lipinski definition) is 1. The second-order valence-corrected chi connectivity index (χ2v) is 8.67. The number of aryl methyl sites for hydroxylation is 1. The molecule has 2 aliphatic rings. The SMILES string of the molecule is C=CC1CCN(c2cc(C)ccc2S(=O)(=O)N2CCC[C@H]2C(=O)O)C1. The van der Waals surface area contributed by atoms with Crippen molar-refractivity contribution in [3.8, 4) is 0 Å². The first kappa shape index (κ1) is 17.9. The van der Waals surface area contributed by atoms with E-state index in [0.29, 0.717) is 24.4 Å². The molecule has 2 atom stereocenters. The van der Waals surface area contributed by atoms with Crippen LogP contribution in [0.1, 0.15) is 24.8 Å². The first-order chi connectivity index (χ1) is 11.8. The summed E-state index contributed by atoms with van der Waals surface area (Å²) in [5, 5.41) is 9.36. The summed E-state index contributed by atoms with van der Waals surface area (Å²) < 4.78 is 27.6. The number of aliphatic carboxylic acids is 1. The minimum atomic E-state index is -3.86. The summed E-state index contributed by atoms with van der Waals surface area (Å²) >= 11 is 0. The van der Waals surface area contributed by atoms with E-state index in [0.717, 1.165) is 29.4 Å². The summed E-state index contributed by atoms with van der Waals surface area (Å²) in [6.07, 6.45) is 3.78. The van der Waals surface area contributed by atoms with Crippen LogP contribution in [0.25, 0.3) is 0 Å². The zero-order valence-electron chi connectivity index (χ0n) is 14.4. The second kappa shape index (κ2) is 6.80. The number of carboxylic acid groups (broad SMARTS) is 1. The molecule has 25 heavy (non-hydrogen) atoms. The van der Waals surface area contributed by atoms with Crippen LogP contribution >= 0.6 is 0 Å². The minimum absolute atomic E-state index is 0.205. The van der Waals surface area contributed by atoms with Gasteiger partial charge in [0.1, 0.15) is 10.9 Å². The number of carboxylic acids is 1. The molecular weight excluding hydrogens is 340 g/mol. The zero-order valence-corrected chi connectivity index (χ0v) is 15.2. The molecule has 1 aromatic carbocycles. The molecule has 6 nitrogen and oxygen atoms in total. The Bertz CT molecular complexity index is 790. The van der Waals surface area contributed by atoms with Gasteiger partial charge in [-0.15, -0.1) is 6.58 Å². The average Bonchev–Trinajstić information content (AvgIpc) is 3.24. The van der Waals surface area contributed by atoms with E-state index in [9.17, 15) is 18.3 Å². The summed E-state index contributed by atoms with van der Waals surface area (Å²) in [5.41, 5.74) is 1.65. The van der Waals surface area contributed by atoms with Gasteiger partial charge in [0.2, 0.25) is 10.0 Å². The summed E-state index contributed by atoms with van der Waals surface area (Å²) in [5.74, 6) is -0.739. The lowest BCUT2D eigenvalue weighted by atomic mass is 10.1. The van der Waals surface area contributed by atoms with Gasteiger partial charge in [-0.1, -0.05) is 12.1 Å². The molecule has 2 aliphatic heterocycles. The topological polar surface area (TPSA) is 77.9 Å². The molecule has 7 heteroatoms. The van der Waals surface area contributed by atoms with Crippen LogP contribution in [0.15, 0.2) is 35.7 Å². The van der Waals surface area contributed by atoms with E-state index >= 15 is 0 Å². The van der Waals surface area contributed by atoms with Crippen LogP contribution in [0.5, 0.6) is 0 Å². The highest BCUT2D eigenvalue weighted by atomic mass is 32.2. The van der Waals surface area contributed by atoms with Crippen molar-refractivity contribution in [2.75, 3.05) is 24.5 Å². The first-order valence-corrected chi connectivity index (χ1v) is 10.0. The Balaban J connectivity index is 2.02. The lowest BCUT2D eigenvalue weighted by Crippen LogP contribution is -2.41. The Morgan fingerprint density at radius 1 is 1.32 bits per heavy atom. The van der Waals surface area contributed by atoms with Crippen molar-refractivity contribution in [3.63, 3.8) is 0 Å². The largest absolute Gasteiger partial charge is 0.480 e. The van der Waals surface area contributed by atoms with E-state index in [4.69, 9.17) is 0 Å². The molecule has 0 spiro atoms. The van der Waals surface area contributed by atoms with Crippen molar-refractivity contribution >= 4 is 21.7 Å². The average molecular weight is 364 g/mol. The van der Waals surface area contributed by atoms with Gasteiger partial charge in [-0.3, -0.25) is 4.79 Å². The smallest absolute Gasteiger partial charge is 0.322 e. The molecule has 0 amide bonds. The maximum atomic E-state index is 13.2. The van der Waals surface area contributed by atoms with E-state index < -0.39 is 22.0 Å². The molecule has 1 unspecified atom stereocenters. The Morgan fingerprint density at radius 3 is 2.72 bits per heavy atom. The van der Waals surface area contributed by atoms with Crippen LogP contribution in [0.2, 0.25) is 0 Å². The number of anilines is 1. The Hall–Kier alpha value is -1.86. The van der Waals surface area contributed by atoms with E-state index in [1.54, 1.807) is 12.1 Å². The molecule has 0 saturated carbocycles. The van der Waals surface area contributed by atoms with Crippen LogP contribution in [-0.2, 0) is 14.8 Å². The highest BCUT2D eigenvalue weighted by Crippen LogP contribution is 2.35. The van der Waals surface area contributed by atoms with Crippen molar-refractivity contribution in [2.45, 2.75) is 37.1 Å². The van der Waals surface area contributed by atoms with Gasteiger partial charge in [0.25, 0.3) is 0 Å². The van der Waals surface area contributed by atoms with Gasteiger partial charge in [0.05, 0.1) is 5.69 Å². The molecule has 2 fully saturated rings. The number of benzene rings is 1. The standard InChI is InChI=1S/C18H24N2O4S/c1-3-14-8-10-19(12-14)16-11-13(2)6-7-17(16)25(23,24)20-9-4-5-15(20)18(21)22/h3,6-7,11,14-15H,1,4-5,8-10,12H2,2H3,(H,21,22)/t14?,15-/m0/s1. The van der Waals surface area contributed by atoms with Gasteiger partial charge >= 0.3 is 5.97 Å². The molecule has 0 bridgehead atoms. The normalized spacial score (nSPS) is 24.6. The minimum Gasteiger partial charge on any atom is -0.480 e. The summed E-state index contributed by atoms with van der Waals surface area (Å²) in [6, 6.07) is 4.28. The van der Waals surface area contributed by atoms with Crippen LogP contribution in [0.4, 0.5) is 5.69 Å². The van der Waals surface area contributed by atoms with Gasteiger partial charge in [0.15, 0.2) is 0 Å². The quantitative estimate of drug-likeness (QED) is 0.811. The third kappa shape index (κ3) is 3.30. The lowest BCUT2D eigenvalue weighted by molar-refractivity contribution is -0.140. The molecule has 0 aliphatic carbocycles. The van der Waals surface area contributed by atoms with Crippen molar-refractivity contribution in [2.24, 2.45) is 5.92 Å². The highest BCUT2D eigenvalue weighted by molar-refractivity contribution is 7.89. The Kier molecular flexibility index (Phi) is 4.88. The molecule has 1 aromatic rings. The number of rotatable bonds is 5. The molecule has 1 N–H and O–H groups in total. The first-order valence-electron chi connectivity index (χ1n) is 8.57. The number of carbonyl (C=O) groups is 1. The predicted octanol–water partition coefficient (Wildman–Crippen LogP) is 2.25. The Labute approximate surface area is 148 Å². The fourth-order valence-electron chi connectivity index (χ4n) is 3.69. The Morgan fingerprint density at radius 2 is 2.08 bits per heavy atom. The summed E-state index contributed by atoms with van der Waals surface area (Å²) in [7, 11) is -3.86. The van der Waals surface area contributed by atoms with Crippen molar-refractivity contribution in [1.82, 2.24) is 4.31 Å². The van der Waals surface area contributed by atoms with Crippen molar-refractivity contribution < 1.29 is 18.3 Å². The van der Waals surface area contributed by atoms with Crippen LogP contribution < -0.4 is 4.90 Å². The van der Waals surface area contributed by atoms with Crippen LogP contribution in [0.3, 0.4) is 0 Å². The van der Waals surface area contributed by atoms with E-state index in [1.165, 1.54) is 0 Å².